The van der Waals surface area contributed by atoms with Gasteiger partial charge in [-0.05, 0) is 57.5 Å². The SMILES string of the molecule is CC(C)Oc1c(Br)cncc1B1OC(C)(C)C(C)(C)O1. The molecule has 0 unspecified atom stereocenters. The lowest BCUT2D eigenvalue weighted by atomic mass is 9.79. The second kappa shape index (κ2) is 5.32. The first-order valence-corrected chi connectivity index (χ1v) is 7.59. The zero-order valence-corrected chi connectivity index (χ0v) is 14.4. The summed E-state index contributed by atoms with van der Waals surface area (Å²) in [7, 11) is -0.473. The van der Waals surface area contributed by atoms with Gasteiger partial charge in [-0.25, -0.2) is 0 Å². The quantitative estimate of drug-likeness (QED) is 0.792. The number of aromatic nitrogens is 1. The molecule has 0 amide bonds. The van der Waals surface area contributed by atoms with Crippen LogP contribution in [0.3, 0.4) is 0 Å². The van der Waals surface area contributed by atoms with Crippen molar-refractivity contribution in [3.8, 4) is 5.75 Å². The molecule has 6 heteroatoms. The number of pyridine rings is 1. The van der Waals surface area contributed by atoms with Gasteiger partial charge in [0, 0.05) is 17.9 Å². The largest absolute Gasteiger partial charge is 0.500 e. The van der Waals surface area contributed by atoms with Crippen molar-refractivity contribution >= 4 is 28.5 Å². The lowest BCUT2D eigenvalue weighted by Crippen LogP contribution is -2.41. The maximum atomic E-state index is 6.06. The van der Waals surface area contributed by atoms with Crippen molar-refractivity contribution in [3.63, 3.8) is 0 Å². The molecule has 1 fully saturated rings. The van der Waals surface area contributed by atoms with Crippen LogP contribution in [0.5, 0.6) is 5.75 Å². The molecule has 0 radical (unpaired) electrons. The average molecular weight is 342 g/mol. The summed E-state index contributed by atoms with van der Waals surface area (Å²) < 4.78 is 18.8. The van der Waals surface area contributed by atoms with E-state index in [0.29, 0.717) is 0 Å². The first-order valence-electron chi connectivity index (χ1n) is 6.80. The number of hydrogen-bond acceptors (Lipinski definition) is 4. The van der Waals surface area contributed by atoms with Crippen molar-refractivity contribution in [2.45, 2.75) is 58.8 Å². The fourth-order valence-electron chi connectivity index (χ4n) is 1.94. The summed E-state index contributed by atoms with van der Waals surface area (Å²) in [6, 6.07) is 0. The number of ether oxygens (including phenoxy) is 1. The van der Waals surface area contributed by atoms with Crippen LogP contribution in [0.4, 0.5) is 0 Å². The Morgan fingerprint density at radius 1 is 1.15 bits per heavy atom. The monoisotopic (exact) mass is 341 g/mol. The molecule has 0 atom stereocenters. The molecule has 0 aliphatic carbocycles. The highest BCUT2D eigenvalue weighted by atomic mass is 79.9. The predicted molar refractivity (Wildman–Crippen MR) is 83.4 cm³/mol. The molecule has 0 N–H and O–H groups in total. The maximum absolute atomic E-state index is 6.06. The van der Waals surface area contributed by atoms with Crippen LogP contribution in [-0.4, -0.2) is 29.4 Å². The third-order valence-corrected chi connectivity index (χ3v) is 4.31. The second-order valence-corrected chi connectivity index (χ2v) is 7.15. The zero-order valence-electron chi connectivity index (χ0n) is 12.9. The molecule has 1 aromatic rings. The van der Waals surface area contributed by atoms with Gasteiger partial charge in [-0.3, -0.25) is 4.98 Å². The van der Waals surface area contributed by atoms with Crippen molar-refractivity contribution in [1.82, 2.24) is 4.98 Å². The summed E-state index contributed by atoms with van der Waals surface area (Å²) in [4.78, 5) is 4.21. The van der Waals surface area contributed by atoms with Crippen molar-refractivity contribution in [2.24, 2.45) is 0 Å². The molecule has 0 bridgehead atoms. The lowest BCUT2D eigenvalue weighted by Gasteiger charge is -2.32. The molecule has 1 aromatic heterocycles. The molecule has 1 aliphatic heterocycles. The Balaban J connectivity index is 2.37. The van der Waals surface area contributed by atoms with Gasteiger partial charge in [0.2, 0.25) is 0 Å². The molecule has 0 aromatic carbocycles. The Labute approximate surface area is 129 Å². The fourth-order valence-corrected chi connectivity index (χ4v) is 2.38. The number of nitrogens with zero attached hydrogens (tertiary/aromatic N) is 1. The van der Waals surface area contributed by atoms with Crippen LogP contribution in [0.1, 0.15) is 41.5 Å². The predicted octanol–water partition coefficient (Wildman–Crippen LogP) is 2.93. The molecule has 2 heterocycles. The van der Waals surface area contributed by atoms with E-state index in [1.54, 1.807) is 12.4 Å². The Morgan fingerprint density at radius 3 is 2.20 bits per heavy atom. The van der Waals surface area contributed by atoms with Crippen LogP contribution in [0.15, 0.2) is 16.9 Å². The lowest BCUT2D eigenvalue weighted by molar-refractivity contribution is 0.00578. The minimum absolute atomic E-state index is 0.0647. The van der Waals surface area contributed by atoms with E-state index in [-0.39, 0.29) is 17.3 Å². The molecule has 4 nitrogen and oxygen atoms in total. The number of rotatable bonds is 3. The molecule has 0 spiro atoms. The Kier molecular flexibility index (Phi) is 4.20. The van der Waals surface area contributed by atoms with Crippen LogP contribution in [0, 0.1) is 0 Å². The van der Waals surface area contributed by atoms with Gasteiger partial charge >= 0.3 is 7.12 Å². The van der Waals surface area contributed by atoms with E-state index in [0.717, 1.165) is 15.7 Å². The first-order chi connectivity index (χ1) is 9.14. The van der Waals surface area contributed by atoms with E-state index >= 15 is 0 Å². The van der Waals surface area contributed by atoms with Gasteiger partial charge in [0.1, 0.15) is 5.75 Å². The standard InChI is InChI=1S/C14H21BBrNO3/c1-9(2)18-12-10(7-17-8-11(12)16)15-19-13(3,4)14(5,6)20-15/h7-9H,1-6H3. The maximum Gasteiger partial charge on any atom is 0.500 e. The van der Waals surface area contributed by atoms with Gasteiger partial charge in [0.15, 0.2) is 0 Å². The zero-order chi connectivity index (χ0) is 15.1. The molecule has 1 saturated heterocycles. The van der Waals surface area contributed by atoms with E-state index in [2.05, 4.69) is 20.9 Å². The summed E-state index contributed by atoms with van der Waals surface area (Å²) in [6.07, 6.45) is 3.52. The Hall–Kier alpha value is -0.585. The van der Waals surface area contributed by atoms with Crippen LogP contribution in [0.2, 0.25) is 0 Å². The molecular weight excluding hydrogens is 321 g/mol. The average Bonchev–Trinajstić information content (AvgIpc) is 2.50. The van der Waals surface area contributed by atoms with Crippen molar-refractivity contribution in [3.05, 3.63) is 16.9 Å². The van der Waals surface area contributed by atoms with Crippen molar-refractivity contribution < 1.29 is 14.0 Å². The molecule has 1 aliphatic rings. The normalized spacial score (nSPS) is 20.5. The highest BCUT2D eigenvalue weighted by Crippen LogP contribution is 2.37. The van der Waals surface area contributed by atoms with Crippen LogP contribution in [-0.2, 0) is 9.31 Å². The molecule has 0 saturated carbocycles. The number of halogens is 1. The summed E-state index contributed by atoms with van der Waals surface area (Å²) >= 11 is 3.48. The van der Waals surface area contributed by atoms with Gasteiger partial charge < -0.3 is 14.0 Å². The van der Waals surface area contributed by atoms with Gasteiger partial charge in [0.05, 0.1) is 21.8 Å². The second-order valence-electron chi connectivity index (χ2n) is 6.29. The van der Waals surface area contributed by atoms with E-state index < -0.39 is 7.12 Å². The van der Waals surface area contributed by atoms with E-state index in [9.17, 15) is 0 Å². The molecule has 20 heavy (non-hydrogen) atoms. The van der Waals surface area contributed by atoms with Crippen LogP contribution < -0.4 is 10.2 Å². The summed E-state index contributed by atoms with van der Waals surface area (Å²) in [6.45, 7) is 12.1. The minimum Gasteiger partial charge on any atom is -0.490 e. The van der Waals surface area contributed by atoms with E-state index in [1.165, 1.54) is 0 Å². The minimum atomic E-state index is -0.473. The van der Waals surface area contributed by atoms with Crippen molar-refractivity contribution in [1.29, 1.82) is 0 Å². The van der Waals surface area contributed by atoms with Gasteiger partial charge in [0.25, 0.3) is 0 Å². The topological polar surface area (TPSA) is 40.6 Å². The molecular formula is C14H21BBrNO3. The summed E-state index contributed by atoms with van der Waals surface area (Å²) in [5.41, 5.74) is 0.0520. The van der Waals surface area contributed by atoms with Crippen LogP contribution in [0.25, 0.3) is 0 Å². The Bertz CT molecular complexity index is 489. The summed E-state index contributed by atoms with van der Waals surface area (Å²) in [5.74, 6) is 0.730. The number of hydrogen-bond donors (Lipinski definition) is 0. The summed E-state index contributed by atoms with van der Waals surface area (Å²) in [5, 5.41) is 0. The van der Waals surface area contributed by atoms with Crippen LogP contribution >= 0.6 is 15.9 Å². The fraction of sp³-hybridized carbons (Fsp3) is 0.643. The third kappa shape index (κ3) is 2.87. The highest BCUT2D eigenvalue weighted by molar-refractivity contribution is 9.10. The molecule has 2 rings (SSSR count). The van der Waals surface area contributed by atoms with Gasteiger partial charge in [-0.1, -0.05) is 0 Å². The van der Waals surface area contributed by atoms with Crippen molar-refractivity contribution in [2.75, 3.05) is 0 Å². The smallest absolute Gasteiger partial charge is 0.490 e. The van der Waals surface area contributed by atoms with Gasteiger partial charge in [-0.15, -0.1) is 0 Å². The molecule has 110 valence electrons. The van der Waals surface area contributed by atoms with E-state index in [1.807, 2.05) is 41.5 Å². The third-order valence-electron chi connectivity index (χ3n) is 3.74. The van der Waals surface area contributed by atoms with E-state index in [4.69, 9.17) is 14.0 Å². The first kappa shape index (κ1) is 15.8. The Morgan fingerprint density at radius 2 is 1.70 bits per heavy atom. The highest BCUT2D eigenvalue weighted by Gasteiger charge is 2.52. The van der Waals surface area contributed by atoms with Gasteiger partial charge in [-0.2, -0.15) is 0 Å².